The highest BCUT2D eigenvalue weighted by Crippen LogP contribution is 2.27. The first-order valence-corrected chi connectivity index (χ1v) is 2.92. The molecule has 0 spiro atoms. The minimum Gasteiger partial charge on any atom is -0.253 e. The van der Waals surface area contributed by atoms with Crippen LogP contribution in [0.15, 0.2) is 0 Å². The van der Waals surface area contributed by atoms with Crippen LogP contribution < -0.4 is 5.14 Å². The van der Waals surface area contributed by atoms with Crippen molar-refractivity contribution in [3.8, 4) is 5.18 Å². The Bertz CT molecular complexity index is 95.9. The SMILES string of the molecule is NS#CC1CC1. The summed E-state index contributed by atoms with van der Waals surface area (Å²) >= 11 is 1.22. The molecule has 0 aliphatic heterocycles. The molecule has 1 aliphatic carbocycles. The summed E-state index contributed by atoms with van der Waals surface area (Å²) in [6, 6.07) is 0. The molecule has 1 saturated carbocycles. The third kappa shape index (κ3) is 0.977. The molecular weight excluding hydrogens is 94.1 g/mol. The Morgan fingerprint density at radius 3 is 2.50 bits per heavy atom. The number of hydrogen-bond acceptors (Lipinski definition) is 1. The summed E-state index contributed by atoms with van der Waals surface area (Å²) in [6.45, 7) is 0. The van der Waals surface area contributed by atoms with E-state index in [-0.39, 0.29) is 0 Å². The Morgan fingerprint density at radius 2 is 2.33 bits per heavy atom. The van der Waals surface area contributed by atoms with E-state index in [0.29, 0.717) is 0 Å². The minimum absolute atomic E-state index is 0.736. The van der Waals surface area contributed by atoms with Crippen LogP contribution in [0.1, 0.15) is 12.8 Å². The smallest absolute Gasteiger partial charge is 0.0238 e. The molecule has 0 aromatic rings. The van der Waals surface area contributed by atoms with Crippen LogP contribution in [-0.2, 0) is 0 Å². The van der Waals surface area contributed by atoms with E-state index in [4.69, 9.17) is 5.14 Å². The quantitative estimate of drug-likeness (QED) is 0.452. The molecular formula is C4H7NS. The second-order valence-corrected chi connectivity index (χ2v) is 1.98. The predicted molar refractivity (Wildman–Crippen MR) is 28.4 cm³/mol. The van der Waals surface area contributed by atoms with Crippen molar-refractivity contribution in [2.45, 2.75) is 12.8 Å². The monoisotopic (exact) mass is 101 g/mol. The highest BCUT2D eigenvalue weighted by atomic mass is 32.1. The fourth-order valence-corrected chi connectivity index (χ4v) is 0.726. The van der Waals surface area contributed by atoms with Crippen molar-refractivity contribution >= 4 is 11.4 Å². The van der Waals surface area contributed by atoms with Crippen LogP contribution in [-0.4, -0.2) is 0 Å². The maximum absolute atomic E-state index is 5.08. The molecule has 34 valence electrons. The lowest BCUT2D eigenvalue weighted by Crippen LogP contribution is -1.63. The molecule has 1 aliphatic rings. The summed E-state index contributed by atoms with van der Waals surface area (Å²) in [7, 11) is 0. The molecule has 0 aromatic carbocycles. The fraction of sp³-hybridized carbons (Fsp3) is 0.750. The van der Waals surface area contributed by atoms with Crippen molar-refractivity contribution in [2.24, 2.45) is 11.1 Å². The molecule has 2 heteroatoms. The van der Waals surface area contributed by atoms with Gasteiger partial charge >= 0.3 is 0 Å². The van der Waals surface area contributed by atoms with Gasteiger partial charge in [-0.3, -0.25) is 5.14 Å². The van der Waals surface area contributed by atoms with Crippen molar-refractivity contribution in [1.82, 2.24) is 0 Å². The fourth-order valence-electron chi connectivity index (χ4n) is 0.297. The van der Waals surface area contributed by atoms with E-state index >= 15 is 0 Å². The van der Waals surface area contributed by atoms with Gasteiger partial charge in [-0.2, -0.15) is 0 Å². The van der Waals surface area contributed by atoms with Crippen LogP contribution >= 0.6 is 11.4 Å². The van der Waals surface area contributed by atoms with Crippen LogP contribution in [0.25, 0.3) is 0 Å². The summed E-state index contributed by atoms with van der Waals surface area (Å²) in [4.78, 5) is 0. The van der Waals surface area contributed by atoms with E-state index in [1.54, 1.807) is 0 Å². The molecule has 0 amide bonds. The van der Waals surface area contributed by atoms with E-state index in [2.05, 4.69) is 5.18 Å². The van der Waals surface area contributed by atoms with Gasteiger partial charge in [-0.05, 0) is 12.8 Å². The molecule has 1 fully saturated rings. The molecule has 0 aromatic heterocycles. The average molecular weight is 101 g/mol. The van der Waals surface area contributed by atoms with Crippen LogP contribution in [0.5, 0.6) is 0 Å². The topological polar surface area (TPSA) is 26.0 Å². The molecule has 0 atom stereocenters. The zero-order chi connectivity index (χ0) is 4.41. The van der Waals surface area contributed by atoms with E-state index in [0.717, 1.165) is 5.92 Å². The van der Waals surface area contributed by atoms with Crippen molar-refractivity contribution < 1.29 is 0 Å². The summed E-state index contributed by atoms with van der Waals surface area (Å²) in [5.74, 6) is 0.736. The highest BCUT2D eigenvalue weighted by molar-refractivity contribution is 7.86. The Morgan fingerprint density at radius 1 is 1.67 bits per heavy atom. The second-order valence-electron chi connectivity index (χ2n) is 1.51. The first-order chi connectivity index (χ1) is 2.93. The number of hydrogen-bond donors (Lipinski definition) is 1. The van der Waals surface area contributed by atoms with Gasteiger partial charge in [0.15, 0.2) is 0 Å². The molecule has 1 nitrogen and oxygen atoms in total. The number of nitrogens with two attached hydrogens (primary N) is 1. The van der Waals surface area contributed by atoms with Crippen molar-refractivity contribution in [1.29, 1.82) is 0 Å². The van der Waals surface area contributed by atoms with Crippen LogP contribution in [0, 0.1) is 11.1 Å². The van der Waals surface area contributed by atoms with Gasteiger partial charge in [0.2, 0.25) is 0 Å². The van der Waals surface area contributed by atoms with Gasteiger partial charge in [-0.1, -0.05) is 16.5 Å². The van der Waals surface area contributed by atoms with E-state index < -0.39 is 0 Å². The molecule has 1 rings (SSSR count). The standard InChI is InChI=1S/C4H7NS/c5-6-3-4-1-2-4/h4H,1-2,5H2. The molecule has 0 unspecified atom stereocenters. The summed E-state index contributed by atoms with van der Waals surface area (Å²) in [5, 5.41) is 8.09. The second kappa shape index (κ2) is 1.61. The lowest BCUT2D eigenvalue weighted by molar-refractivity contribution is 1.19. The Labute approximate surface area is 41.3 Å². The maximum atomic E-state index is 5.08. The summed E-state index contributed by atoms with van der Waals surface area (Å²) in [6.07, 6.45) is 2.62. The summed E-state index contributed by atoms with van der Waals surface area (Å²) in [5.41, 5.74) is 0. The van der Waals surface area contributed by atoms with Gasteiger partial charge in [0.1, 0.15) is 0 Å². The molecule has 0 radical (unpaired) electrons. The van der Waals surface area contributed by atoms with E-state index in [9.17, 15) is 0 Å². The van der Waals surface area contributed by atoms with E-state index in [1.807, 2.05) is 0 Å². The zero-order valence-electron chi connectivity index (χ0n) is 3.48. The molecule has 0 saturated heterocycles. The normalized spacial score (nSPS) is 19.5. The van der Waals surface area contributed by atoms with Gasteiger partial charge in [0, 0.05) is 5.92 Å². The first-order valence-electron chi connectivity index (χ1n) is 2.04. The maximum Gasteiger partial charge on any atom is 0.0238 e. The van der Waals surface area contributed by atoms with Crippen molar-refractivity contribution in [3.63, 3.8) is 0 Å². The average Bonchev–Trinajstić information content (AvgIpc) is 2.21. The third-order valence-electron chi connectivity index (χ3n) is 0.812. The third-order valence-corrected chi connectivity index (χ3v) is 1.28. The lowest BCUT2D eigenvalue weighted by atomic mass is 10.5. The van der Waals surface area contributed by atoms with Gasteiger partial charge in [-0.15, -0.1) is 0 Å². The molecule has 6 heavy (non-hydrogen) atoms. The van der Waals surface area contributed by atoms with Gasteiger partial charge in [0.25, 0.3) is 0 Å². The van der Waals surface area contributed by atoms with E-state index in [1.165, 1.54) is 24.2 Å². The van der Waals surface area contributed by atoms with Crippen LogP contribution in [0.3, 0.4) is 0 Å². The van der Waals surface area contributed by atoms with Gasteiger partial charge < -0.3 is 0 Å². The lowest BCUT2D eigenvalue weighted by Gasteiger charge is -1.62. The highest BCUT2D eigenvalue weighted by Gasteiger charge is 2.17. The van der Waals surface area contributed by atoms with Gasteiger partial charge in [-0.25, -0.2) is 0 Å². The molecule has 2 N–H and O–H groups in total. The van der Waals surface area contributed by atoms with Crippen molar-refractivity contribution in [3.05, 3.63) is 0 Å². The van der Waals surface area contributed by atoms with Gasteiger partial charge in [0.05, 0.1) is 0 Å². The molecule has 0 bridgehead atoms. The van der Waals surface area contributed by atoms with Crippen LogP contribution in [0.2, 0.25) is 0 Å². The minimum atomic E-state index is 0.736. The van der Waals surface area contributed by atoms with Crippen LogP contribution in [0.4, 0.5) is 0 Å². The van der Waals surface area contributed by atoms with Crippen molar-refractivity contribution in [2.75, 3.05) is 0 Å². The Hall–Kier alpha value is -0.0400. The zero-order valence-corrected chi connectivity index (χ0v) is 4.29. The largest absolute Gasteiger partial charge is 0.253 e. The first kappa shape index (κ1) is 4.13. The molecule has 0 heterocycles. The predicted octanol–water partition coefficient (Wildman–Crippen LogP) is 0.963. The summed E-state index contributed by atoms with van der Waals surface area (Å²) < 4.78 is 0. The Kier molecular flexibility index (Phi) is 1.10. The Balaban J connectivity index is 2.27. The number of rotatable bonds is 0.